The Hall–Kier alpha value is -2.73. The smallest absolute Gasteiger partial charge is 0.189 e. The fourth-order valence-electron chi connectivity index (χ4n) is 3.49. The molecular formula is C22H24N4OS. The third kappa shape index (κ3) is 3.92. The summed E-state index contributed by atoms with van der Waals surface area (Å²) in [6.07, 6.45) is 2.02. The van der Waals surface area contributed by atoms with Crippen molar-refractivity contribution in [1.29, 1.82) is 0 Å². The molecule has 1 fully saturated rings. The van der Waals surface area contributed by atoms with Gasteiger partial charge in [-0.05, 0) is 18.4 Å². The summed E-state index contributed by atoms with van der Waals surface area (Å²) in [5.74, 6) is 1.92. The fourth-order valence-corrected chi connectivity index (χ4v) is 3.86. The SMILES string of the molecule is COc1ccccc1N1CCN(c2cc(-c3ccccc3)nc(SC)n2)CC1. The van der Waals surface area contributed by atoms with Crippen LogP contribution in [0.3, 0.4) is 0 Å². The summed E-state index contributed by atoms with van der Waals surface area (Å²) < 4.78 is 5.53. The second-order valence-corrected chi connectivity index (χ2v) is 7.38. The fraction of sp³-hybridized carbons (Fsp3) is 0.273. The highest BCUT2D eigenvalue weighted by molar-refractivity contribution is 7.98. The molecular weight excluding hydrogens is 368 g/mol. The number of nitrogens with zero attached hydrogens (tertiary/aromatic N) is 4. The molecule has 3 aromatic rings. The van der Waals surface area contributed by atoms with Gasteiger partial charge in [-0.3, -0.25) is 0 Å². The normalized spacial score (nSPS) is 14.2. The van der Waals surface area contributed by atoms with Crippen LogP contribution in [0.4, 0.5) is 11.5 Å². The van der Waals surface area contributed by atoms with E-state index in [-0.39, 0.29) is 0 Å². The van der Waals surface area contributed by atoms with Gasteiger partial charge in [-0.1, -0.05) is 54.2 Å². The number of rotatable bonds is 5. The maximum absolute atomic E-state index is 5.53. The van der Waals surface area contributed by atoms with Gasteiger partial charge >= 0.3 is 0 Å². The van der Waals surface area contributed by atoms with Crippen molar-refractivity contribution in [2.45, 2.75) is 5.16 Å². The van der Waals surface area contributed by atoms with E-state index in [0.717, 1.165) is 59.8 Å². The molecule has 1 aliphatic rings. The van der Waals surface area contributed by atoms with Gasteiger partial charge < -0.3 is 14.5 Å². The Kier molecular flexibility index (Phi) is 5.67. The van der Waals surface area contributed by atoms with Gasteiger partial charge in [0, 0.05) is 37.8 Å². The number of aromatic nitrogens is 2. The molecule has 28 heavy (non-hydrogen) atoms. The molecule has 0 saturated carbocycles. The summed E-state index contributed by atoms with van der Waals surface area (Å²) >= 11 is 1.58. The van der Waals surface area contributed by atoms with Crippen LogP contribution in [0.2, 0.25) is 0 Å². The number of anilines is 2. The average Bonchev–Trinajstić information content (AvgIpc) is 2.79. The van der Waals surface area contributed by atoms with E-state index < -0.39 is 0 Å². The molecule has 0 spiro atoms. The second kappa shape index (κ2) is 8.52. The Morgan fingerprint density at radius 1 is 0.857 bits per heavy atom. The van der Waals surface area contributed by atoms with Crippen molar-refractivity contribution in [3.8, 4) is 17.0 Å². The van der Waals surface area contributed by atoms with Crippen LogP contribution < -0.4 is 14.5 Å². The number of piperazine rings is 1. The van der Waals surface area contributed by atoms with Crippen molar-refractivity contribution in [3.05, 3.63) is 60.7 Å². The van der Waals surface area contributed by atoms with Crippen molar-refractivity contribution in [2.75, 3.05) is 49.3 Å². The zero-order chi connectivity index (χ0) is 19.3. The lowest BCUT2D eigenvalue weighted by Gasteiger charge is -2.37. The average molecular weight is 393 g/mol. The zero-order valence-corrected chi connectivity index (χ0v) is 17.0. The molecule has 4 rings (SSSR count). The maximum Gasteiger partial charge on any atom is 0.189 e. The van der Waals surface area contributed by atoms with E-state index >= 15 is 0 Å². The van der Waals surface area contributed by atoms with Gasteiger partial charge in [0.05, 0.1) is 18.5 Å². The molecule has 0 atom stereocenters. The summed E-state index contributed by atoms with van der Waals surface area (Å²) in [6, 6.07) is 20.6. The molecule has 1 aromatic heterocycles. The lowest BCUT2D eigenvalue weighted by Crippen LogP contribution is -2.47. The molecule has 2 aromatic carbocycles. The summed E-state index contributed by atoms with van der Waals surface area (Å²) in [6.45, 7) is 3.69. The standard InChI is InChI=1S/C22H24N4OS/c1-27-20-11-7-6-10-19(20)25-12-14-26(15-13-25)21-16-18(23-22(24-21)28-2)17-8-4-3-5-9-17/h3-11,16H,12-15H2,1-2H3. The van der Waals surface area contributed by atoms with Crippen LogP contribution in [0, 0.1) is 0 Å². The van der Waals surface area contributed by atoms with E-state index in [1.165, 1.54) is 0 Å². The van der Waals surface area contributed by atoms with Crippen molar-refractivity contribution in [3.63, 3.8) is 0 Å². The predicted molar refractivity (Wildman–Crippen MR) is 117 cm³/mol. The highest BCUT2D eigenvalue weighted by Crippen LogP contribution is 2.30. The van der Waals surface area contributed by atoms with E-state index in [4.69, 9.17) is 14.7 Å². The Labute approximate surface area is 170 Å². The van der Waals surface area contributed by atoms with Crippen LogP contribution in [-0.2, 0) is 0 Å². The molecule has 1 saturated heterocycles. The van der Waals surface area contributed by atoms with Gasteiger partial charge in [0.2, 0.25) is 0 Å². The summed E-state index contributed by atoms with van der Waals surface area (Å²) in [5, 5.41) is 0.809. The zero-order valence-electron chi connectivity index (χ0n) is 16.2. The first-order valence-electron chi connectivity index (χ1n) is 9.40. The quantitative estimate of drug-likeness (QED) is 0.479. The second-order valence-electron chi connectivity index (χ2n) is 6.61. The van der Waals surface area contributed by atoms with Crippen molar-refractivity contribution < 1.29 is 4.74 Å². The van der Waals surface area contributed by atoms with E-state index in [0.29, 0.717) is 0 Å². The molecule has 0 aliphatic carbocycles. The number of thioether (sulfide) groups is 1. The molecule has 0 amide bonds. The topological polar surface area (TPSA) is 41.5 Å². The minimum atomic E-state index is 0.809. The summed E-state index contributed by atoms with van der Waals surface area (Å²) in [7, 11) is 1.73. The third-order valence-corrected chi connectivity index (χ3v) is 5.52. The van der Waals surface area contributed by atoms with Gasteiger partial charge in [-0.15, -0.1) is 0 Å². The van der Waals surface area contributed by atoms with E-state index in [2.05, 4.69) is 40.1 Å². The lowest BCUT2D eigenvalue weighted by atomic mass is 10.1. The van der Waals surface area contributed by atoms with Gasteiger partial charge in [0.25, 0.3) is 0 Å². The largest absolute Gasteiger partial charge is 0.495 e. The Bertz CT molecular complexity index is 927. The van der Waals surface area contributed by atoms with Crippen molar-refractivity contribution in [2.24, 2.45) is 0 Å². The lowest BCUT2D eigenvalue weighted by molar-refractivity contribution is 0.413. The summed E-state index contributed by atoms with van der Waals surface area (Å²) in [5.41, 5.74) is 3.25. The number of ether oxygens (including phenoxy) is 1. The number of hydrogen-bond donors (Lipinski definition) is 0. The van der Waals surface area contributed by atoms with Crippen LogP contribution in [0.1, 0.15) is 0 Å². The molecule has 1 aliphatic heterocycles. The number of benzene rings is 2. The molecule has 6 heteroatoms. The molecule has 5 nitrogen and oxygen atoms in total. The highest BCUT2D eigenvalue weighted by Gasteiger charge is 2.21. The molecule has 0 N–H and O–H groups in total. The minimum absolute atomic E-state index is 0.809. The first-order chi connectivity index (χ1) is 13.8. The minimum Gasteiger partial charge on any atom is -0.495 e. The van der Waals surface area contributed by atoms with E-state index in [1.807, 2.05) is 36.6 Å². The van der Waals surface area contributed by atoms with Gasteiger partial charge in [0.1, 0.15) is 11.6 Å². The maximum atomic E-state index is 5.53. The molecule has 0 radical (unpaired) electrons. The van der Waals surface area contributed by atoms with Crippen LogP contribution in [0.25, 0.3) is 11.3 Å². The summed E-state index contributed by atoms with van der Waals surface area (Å²) in [4.78, 5) is 14.2. The number of hydrogen-bond acceptors (Lipinski definition) is 6. The predicted octanol–water partition coefficient (Wildman–Crippen LogP) is 4.20. The first kappa shape index (κ1) is 18.6. The molecule has 0 unspecified atom stereocenters. The number of para-hydroxylation sites is 2. The highest BCUT2D eigenvalue weighted by atomic mass is 32.2. The van der Waals surface area contributed by atoms with Gasteiger partial charge in [-0.25, -0.2) is 9.97 Å². The van der Waals surface area contributed by atoms with Crippen molar-refractivity contribution in [1.82, 2.24) is 9.97 Å². The van der Waals surface area contributed by atoms with Crippen LogP contribution >= 0.6 is 11.8 Å². The van der Waals surface area contributed by atoms with E-state index in [1.54, 1.807) is 18.9 Å². The molecule has 2 heterocycles. The molecule has 144 valence electrons. The van der Waals surface area contributed by atoms with Gasteiger partial charge in [-0.2, -0.15) is 0 Å². The Morgan fingerprint density at radius 2 is 1.54 bits per heavy atom. The number of methoxy groups -OCH3 is 1. The van der Waals surface area contributed by atoms with Crippen LogP contribution in [-0.4, -0.2) is 49.5 Å². The molecule has 0 bridgehead atoms. The first-order valence-corrected chi connectivity index (χ1v) is 10.6. The van der Waals surface area contributed by atoms with Gasteiger partial charge in [0.15, 0.2) is 5.16 Å². The van der Waals surface area contributed by atoms with Crippen LogP contribution in [0.15, 0.2) is 65.8 Å². The van der Waals surface area contributed by atoms with E-state index in [9.17, 15) is 0 Å². The Morgan fingerprint density at radius 3 is 2.25 bits per heavy atom. The Balaban J connectivity index is 1.54. The third-order valence-electron chi connectivity index (χ3n) is 4.97. The van der Waals surface area contributed by atoms with Crippen molar-refractivity contribution >= 4 is 23.3 Å². The monoisotopic (exact) mass is 392 g/mol. The van der Waals surface area contributed by atoms with Crippen LogP contribution in [0.5, 0.6) is 5.75 Å².